The van der Waals surface area contributed by atoms with Gasteiger partial charge in [0.2, 0.25) is 0 Å². The van der Waals surface area contributed by atoms with Crippen LogP contribution in [0.5, 0.6) is 5.75 Å². The first kappa shape index (κ1) is 28.0. The number of anilines is 2. The Bertz CT molecular complexity index is 1390. The van der Waals surface area contributed by atoms with Crippen molar-refractivity contribution in [3.05, 3.63) is 87.9 Å². The van der Waals surface area contributed by atoms with E-state index in [0.29, 0.717) is 24.1 Å². The molecule has 3 aromatic rings. The molecule has 3 aromatic carbocycles. The third-order valence-electron chi connectivity index (χ3n) is 6.03. The van der Waals surface area contributed by atoms with Crippen molar-refractivity contribution in [1.29, 1.82) is 0 Å². The van der Waals surface area contributed by atoms with Crippen LogP contribution in [0, 0.1) is 6.92 Å². The Kier molecular flexibility index (Phi) is 8.47. The summed E-state index contributed by atoms with van der Waals surface area (Å²) in [6.45, 7) is 1.06. The molecule has 4 rings (SSSR count). The molecule has 4 N–H and O–H groups in total. The summed E-state index contributed by atoms with van der Waals surface area (Å²) in [4.78, 5) is 38.1. The predicted molar refractivity (Wildman–Crippen MR) is 143 cm³/mol. The van der Waals surface area contributed by atoms with Gasteiger partial charge in [-0.3, -0.25) is 14.4 Å². The summed E-state index contributed by atoms with van der Waals surface area (Å²) >= 11 is 6.24. The lowest BCUT2D eigenvalue weighted by atomic mass is 10.1. The molecule has 0 atom stereocenters. The first-order chi connectivity index (χ1) is 18.5. The highest BCUT2D eigenvalue weighted by Gasteiger charge is 2.47. The van der Waals surface area contributed by atoms with Crippen LogP contribution in [0.25, 0.3) is 0 Å². The second kappa shape index (κ2) is 11.8. The van der Waals surface area contributed by atoms with Crippen molar-refractivity contribution in [2.24, 2.45) is 0 Å². The second-order valence-corrected chi connectivity index (χ2v) is 9.62. The minimum absolute atomic E-state index is 0.0606. The minimum atomic E-state index is -2.75. The molecule has 0 radical (unpaired) electrons. The molecule has 204 valence electrons. The number of amides is 3. The van der Waals surface area contributed by atoms with Gasteiger partial charge in [-0.1, -0.05) is 35.4 Å². The predicted octanol–water partition coefficient (Wildman–Crippen LogP) is 4.94. The van der Waals surface area contributed by atoms with Crippen molar-refractivity contribution < 1.29 is 33.0 Å². The van der Waals surface area contributed by atoms with Crippen LogP contribution < -0.4 is 20.7 Å². The molecule has 0 aliphatic heterocycles. The Labute approximate surface area is 228 Å². The van der Waals surface area contributed by atoms with Crippen molar-refractivity contribution in [3.8, 4) is 5.75 Å². The van der Waals surface area contributed by atoms with Crippen molar-refractivity contribution in [2.45, 2.75) is 38.3 Å². The lowest BCUT2D eigenvalue weighted by Crippen LogP contribution is -2.35. The van der Waals surface area contributed by atoms with E-state index in [4.69, 9.17) is 16.3 Å². The number of nitrogens with one attached hydrogen (secondary N) is 3. The standard InChI is InChI=1S/C28H26ClF2N3O5/c1-16-2-5-18(6-3-16)33-26(36)21-13-19(7-9-23(21)39-15-24(30)31)34-25(35)20-12-17(4-8-22(20)29)14-32-27(37)28(38)10-11-28/h2-9,12-13,24,38H,10-11,14-15H2,1H3,(H,32,37)(H,33,36)(H,34,35). The lowest BCUT2D eigenvalue weighted by Gasteiger charge is -2.15. The summed E-state index contributed by atoms with van der Waals surface area (Å²) in [5, 5.41) is 18.0. The topological polar surface area (TPSA) is 117 Å². The third-order valence-corrected chi connectivity index (χ3v) is 6.36. The van der Waals surface area contributed by atoms with Crippen molar-refractivity contribution in [1.82, 2.24) is 5.32 Å². The quantitative estimate of drug-likeness (QED) is 0.282. The van der Waals surface area contributed by atoms with Gasteiger partial charge in [0, 0.05) is 17.9 Å². The Hall–Kier alpha value is -4.02. The summed E-state index contributed by atoms with van der Waals surface area (Å²) < 4.78 is 30.7. The maximum atomic E-state index is 13.0. The van der Waals surface area contributed by atoms with E-state index in [1.807, 2.05) is 6.92 Å². The Morgan fingerprint density at radius 1 is 0.949 bits per heavy atom. The second-order valence-electron chi connectivity index (χ2n) is 9.22. The van der Waals surface area contributed by atoms with Crippen LogP contribution in [0.4, 0.5) is 20.2 Å². The molecular formula is C28H26ClF2N3O5. The SMILES string of the molecule is Cc1ccc(NC(=O)c2cc(NC(=O)c3cc(CNC(=O)C4(O)CC4)ccc3Cl)ccc2OCC(F)F)cc1. The molecule has 0 unspecified atom stereocenters. The zero-order chi connectivity index (χ0) is 28.2. The highest BCUT2D eigenvalue weighted by Crippen LogP contribution is 2.35. The number of carbonyl (C=O) groups excluding carboxylic acids is 3. The first-order valence-corrected chi connectivity index (χ1v) is 12.5. The van der Waals surface area contributed by atoms with Gasteiger partial charge in [0.15, 0.2) is 0 Å². The number of halogens is 3. The lowest BCUT2D eigenvalue weighted by molar-refractivity contribution is -0.131. The third kappa shape index (κ3) is 7.30. The van der Waals surface area contributed by atoms with Gasteiger partial charge in [0.25, 0.3) is 24.1 Å². The largest absolute Gasteiger partial charge is 0.487 e. The normalized spacial score (nSPS) is 13.5. The summed E-state index contributed by atoms with van der Waals surface area (Å²) in [5.74, 6) is -1.77. The zero-order valence-electron chi connectivity index (χ0n) is 20.9. The number of aliphatic hydroxyl groups is 1. The Morgan fingerprint density at radius 3 is 2.26 bits per heavy atom. The average molecular weight is 558 g/mol. The number of carbonyl (C=O) groups is 3. The smallest absolute Gasteiger partial charge is 0.272 e. The molecule has 1 aliphatic carbocycles. The molecule has 0 spiro atoms. The Balaban J connectivity index is 1.51. The number of benzene rings is 3. The van der Waals surface area contributed by atoms with Crippen LogP contribution in [-0.4, -0.2) is 41.5 Å². The maximum Gasteiger partial charge on any atom is 0.272 e. The van der Waals surface area contributed by atoms with Crippen LogP contribution in [-0.2, 0) is 11.3 Å². The van der Waals surface area contributed by atoms with Crippen molar-refractivity contribution >= 4 is 40.7 Å². The number of hydrogen-bond acceptors (Lipinski definition) is 5. The van der Waals surface area contributed by atoms with Gasteiger partial charge < -0.3 is 25.8 Å². The molecule has 39 heavy (non-hydrogen) atoms. The molecule has 0 bridgehead atoms. The van der Waals surface area contributed by atoms with E-state index < -0.39 is 36.4 Å². The van der Waals surface area contributed by atoms with Crippen LogP contribution in [0.2, 0.25) is 5.02 Å². The van der Waals surface area contributed by atoms with E-state index in [1.54, 1.807) is 30.3 Å². The fraction of sp³-hybridized carbons (Fsp3) is 0.250. The van der Waals surface area contributed by atoms with Gasteiger partial charge >= 0.3 is 0 Å². The van der Waals surface area contributed by atoms with Crippen LogP contribution in [0.3, 0.4) is 0 Å². The first-order valence-electron chi connectivity index (χ1n) is 12.1. The minimum Gasteiger partial charge on any atom is -0.487 e. The van der Waals surface area contributed by atoms with E-state index in [2.05, 4.69) is 16.0 Å². The monoisotopic (exact) mass is 557 g/mol. The highest BCUT2D eigenvalue weighted by atomic mass is 35.5. The number of aryl methyl sites for hydroxylation is 1. The molecular weight excluding hydrogens is 532 g/mol. The summed E-state index contributed by atoms with van der Waals surface area (Å²) in [7, 11) is 0. The fourth-order valence-corrected chi connectivity index (χ4v) is 3.85. The van der Waals surface area contributed by atoms with Crippen LogP contribution >= 0.6 is 11.6 Å². The van der Waals surface area contributed by atoms with Gasteiger partial charge in [0.05, 0.1) is 16.1 Å². The van der Waals surface area contributed by atoms with Gasteiger partial charge in [0.1, 0.15) is 18.0 Å². The summed E-state index contributed by atoms with van der Waals surface area (Å²) in [6.07, 6.45) is -1.93. The van der Waals surface area contributed by atoms with Crippen LogP contribution in [0.15, 0.2) is 60.7 Å². The van der Waals surface area contributed by atoms with Gasteiger partial charge in [-0.2, -0.15) is 0 Å². The molecule has 0 saturated heterocycles. The molecule has 11 heteroatoms. The van der Waals surface area contributed by atoms with Gasteiger partial charge in [-0.15, -0.1) is 0 Å². The molecule has 1 fully saturated rings. The summed E-state index contributed by atoms with van der Waals surface area (Å²) in [5.41, 5.74) is 0.988. The molecule has 8 nitrogen and oxygen atoms in total. The fourth-order valence-electron chi connectivity index (χ4n) is 3.65. The van der Waals surface area contributed by atoms with E-state index >= 15 is 0 Å². The van der Waals surface area contributed by atoms with Gasteiger partial charge in [-0.05, 0) is 67.8 Å². The van der Waals surface area contributed by atoms with E-state index in [0.717, 1.165) is 5.56 Å². The zero-order valence-corrected chi connectivity index (χ0v) is 21.6. The molecule has 3 amide bonds. The van der Waals surface area contributed by atoms with E-state index in [-0.39, 0.29) is 34.1 Å². The number of ether oxygens (including phenoxy) is 1. The number of hydrogen-bond donors (Lipinski definition) is 4. The molecule has 1 saturated carbocycles. The van der Waals surface area contributed by atoms with Crippen molar-refractivity contribution in [2.75, 3.05) is 17.2 Å². The average Bonchev–Trinajstić information content (AvgIpc) is 3.66. The van der Waals surface area contributed by atoms with E-state index in [9.17, 15) is 28.3 Å². The number of alkyl halides is 2. The maximum absolute atomic E-state index is 13.0. The van der Waals surface area contributed by atoms with E-state index in [1.165, 1.54) is 30.3 Å². The molecule has 1 aliphatic rings. The van der Waals surface area contributed by atoms with Crippen LogP contribution in [0.1, 0.15) is 44.7 Å². The summed E-state index contributed by atoms with van der Waals surface area (Å²) in [6, 6.07) is 15.7. The molecule has 0 aromatic heterocycles. The highest BCUT2D eigenvalue weighted by molar-refractivity contribution is 6.34. The number of rotatable bonds is 10. The molecule has 0 heterocycles. The van der Waals surface area contributed by atoms with Gasteiger partial charge in [-0.25, -0.2) is 8.78 Å². The van der Waals surface area contributed by atoms with Crippen molar-refractivity contribution in [3.63, 3.8) is 0 Å². The Morgan fingerprint density at radius 2 is 1.59 bits per heavy atom.